The van der Waals surface area contributed by atoms with Crippen molar-refractivity contribution in [3.8, 4) is 0 Å². The predicted octanol–water partition coefficient (Wildman–Crippen LogP) is 6.22. The smallest absolute Gasteiger partial charge is 0.303 e. The Morgan fingerprint density at radius 1 is 0.743 bits per heavy atom. The van der Waals surface area contributed by atoms with Crippen molar-refractivity contribution in [3.05, 3.63) is 0 Å². The molecule has 0 bridgehead atoms. The second-order valence-corrected chi connectivity index (χ2v) is 23.2. The molecule has 0 saturated carbocycles. The monoisotopic (exact) mass is 532 g/mol. The Balaban J connectivity index is 3.43. The summed E-state index contributed by atoms with van der Waals surface area (Å²) < 4.78 is 31.6. The summed E-state index contributed by atoms with van der Waals surface area (Å²) in [6, 6.07) is 0. The van der Waals surface area contributed by atoms with Crippen LogP contribution in [0, 0.1) is 0 Å². The zero-order chi connectivity index (χ0) is 27.7. The van der Waals surface area contributed by atoms with Crippen LogP contribution in [0.15, 0.2) is 0 Å². The van der Waals surface area contributed by atoms with Gasteiger partial charge in [-0.25, -0.2) is 0 Å². The van der Waals surface area contributed by atoms with E-state index in [1.807, 2.05) is 13.8 Å². The molecule has 0 amide bonds. The maximum Gasteiger partial charge on any atom is 0.303 e. The molecule has 206 valence electrons. The van der Waals surface area contributed by atoms with Gasteiger partial charge in [0.05, 0.1) is 13.2 Å². The summed E-state index contributed by atoms with van der Waals surface area (Å²) in [7, 11) is -4.23. The van der Waals surface area contributed by atoms with Crippen LogP contribution in [0.5, 0.6) is 0 Å². The minimum absolute atomic E-state index is 0.0139. The van der Waals surface area contributed by atoms with Crippen LogP contribution in [0.3, 0.4) is 0 Å². The summed E-state index contributed by atoms with van der Waals surface area (Å²) in [6.07, 6.45) is -0.107. The van der Waals surface area contributed by atoms with Gasteiger partial charge in [-0.2, -0.15) is 0 Å². The van der Waals surface area contributed by atoms with Crippen molar-refractivity contribution in [1.29, 1.82) is 0 Å². The van der Waals surface area contributed by atoms with E-state index in [0.717, 1.165) is 0 Å². The Hall–Kier alpha value is -0.746. The average molecular weight is 533 g/mol. The molecule has 0 radical (unpaired) electrons. The van der Waals surface area contributed by atoms with Gasteiger partial charge in [-0.15, -0.1) is 0 Å². The predicted molar refractivity (Wildman–Crippen MR) is 145 cm³/mol. The van der Waals surface area contributed by atoms with E-state index in [2.05, 4.69) is 67.7 Å². The first-order chi connectivity index (χ1) is 15.5. The van der Waals surface area contributed by atoms with E-state index in [1.54, 1.807) is 0 Å². The van der Waals surface area contributed by atoms with Crippen molar-refractivity contribution in [1.82, 2.24) is 0 Å². The Kier molecular flexibility index (Phi) is 10.1. The molecule has 0 unspecified atom stereocenters. The van der Waals surface area contributed by atoms with Crippen LogP contribution in [-0.2, 0) is 32.7 Å². The largest absolute Gasteiger partial charge is 0.459 e. The summed E-state index contributed by atoms with van der Waals surface area (Å²) in [5.41, 5.74) is -1.89. The number of hydrogen-bond acceptors (Lipinski definition) is 7. The SMILES string of the molecule is CC(=O)O[C@H]1CC[C@@H](OC(C)=O)[C@](C)(CO[Si](C)(C)C(C)(C)C)O[C@]1(C)CO[Si](C)(C)C(C)(C)C. The van der Waals surface area contributed by atoms with Crippen LogP contribution in [0.1, 0.15) is 82.1 Å². The third-order valence-electron chi connectivity index (χ3n) is 8.19. The van der Waals surface area contributed by atoms with Crippen LogP contribution in [-0.4, -0.2) is 65.2 Å². The second-order valence-electron chi connectivity index (χ2n) is 13.6. The lowest BCUT2D eigenvalue weighted by Gasteiger charge is -2.47. The van der Waals surface area contributed by atoms with Gasteiger partial charge in [0, 0.05) is 13.8 Å². The molecule has 0 aromatic heterocycles. The lowest BCUT2D eigenvalue weighted by molar-refractivity contribution is -0.234. The van der Waals surface area contributed by atoms with Crippen LogP contribution in [0.25, 0.3) is 0 Å². The Bertz CT molecular complexity index is 692. The molecule has 0 aromatic rings. The van der Waals surface area contributed by atoms with E-state index in [1.165, 1.54) is 13.8 Å². The van der Waals surface area contributed by atoms with Crippen LogP contribution >= 0.6 is 0 Å². The number of rotatable bonds is 8. The van der Waals surface area contributed by atoms with E-state index in [4.69, 9.17) is 23.1 Å². The quantitative estimate of drug-likeness (QED) is 0.271. The minimum Gasteiger partial charge on any atom is -0.459 e. The van der Waals surface area contributed by atoms with Crippen molar-refractivity contribution >= 4 is 28.6 Å². The number of esters is 2. The Morgan fingerprint density at radius 3 is 1.26 bits per heavy atom. The third kappa shape index (κ3) is 8.38. The van der Waals surface area contributed by atoms with E-state index in [-0.39, 0.29) is 35.2 Å². The van der Waals surface area contributed by atoms with Crippen molar-refractivity contribution in [3.63, 3.8) is 0 Å². The molecular weight excluding hydrogens is 480 g/mol. The molecular formula is C26H52O7Si2. The van der Waals surface area contributed by atoms with Gasteiger partial charge >= 0.3 is 11.9 Å². The highest BCUT2D eigenvalue weighted by molar-refractivity contribution is 6.74. The van der Waals surface area contributed by atoms with Gasteiger partial charge in [-0.05, 0) is 63.0 Å². The molecule has 1 rings (SSSR count). The highest BCUT2D eigenvalue weighted by atomic mass is 28.4. The second kappa shape index (κ2) is 10.9. The van der Waals surface area contributed by atoms with E-state index >= 15 is 0 Å². The molecule has 0 aliphatic carbocycles. The molecule has 1 aliphatic rings. The highest BCUT2D eigenvalue weighted by Gasteiger charge is 2.54. The zero-order valence-corrected chi connectivity index (χ0v) is 26.8. The Morgan fingerprint density at radius 2 is 1.03 bits per heavy atom. The van der Waals surface area contributed by atoms with Crippen molar-refractivity contribution in [2.45, 2.75) is 142 Å². The summed E-state index contributed by atoms with van der Waals surface area (Å²) in [5, 5.41) is 0.0279. The van der Waals surface area contributed by atoms with Gasteiger partial charge in [0.1, 0.15) is 23.4 Å². The van der Waals surface area contributed by atoms with Crippen LogP contribution < -0.4 is 0 Å². The summed E-state index contributed by atoms with van der Waals surface area (Å²) in [4.78, 5) is 24.1. The van der Waals surface area contributed by atoms with Gasteiger partial charge in [0.15, 0.2) is 16.6 Å². The Labute approximate surface area is 216 Å². The van der Waals surface area contributed by atoms with Crippen molar-refractivity contribution in [2.24, 2.45) is 0 Å². The molecule has 0 N–H and O–H groups in total. The van der Waals surface area contributed by atoms with Gasteiger partial charge in [-0.1, -0.05) is 41.5 Å². The number of carbonyl (C=O) groups excluding carboxylic acids is 2. The molecule has 1 aliphatic heterocycles. The lowest BCUT2D eigenvalue weighted by atomic mass is 9.94. The maximum absolute atomic E-state index is 12.0. The van der Waals surface area contributed by atoms with Crippen molar-refractivity contribution in [2.75, 3.05) is 13.2 Å². The third-order valence-corrected chi connectivity index (χ3v) is 17.1. The molecule has 0 aromatic carbocycles. The van der Waals surface area contributed by atoms with Crippen LogP contribution in [0.4, 0.5) is 0 Å². The average Bonchev–Trinajstić information content (AvgIpc) is 2.73. The fourth-order valence-electron chi connectivity index (χ4n) is 3.67. The van der Waals surface area contributed by atoms with Gasteiger partial charge < -0.3 is 23.1 Å². The summed E-state index contributed by atoms with van der Waals surface area (Å²) in [6.45, 7) is 29.1. The van der Waals surface area contributed by atoms with Gasteiger partial charge in [0.2, 0.25) is 0 Å². The molecule has 0 spiro atoms. The molecule has 1 saturated heterocycles. The summed E-state index contributed by atoms with van der Waals surface area (Å²) in [5.74, 6) is -0.746. The number of ether oxygens (including phenoxy) is 3. The van der Waals surface area contributed by atoms with E-state index in [0.29, 0.717) is 12.8 Å². The maximum atomic E-state index is 12.0. The normalized spacial score (nSPS) is 28.9. The molecule has 4 atom stereocenters. The first kappa shape index (κ1) is 32.3. The first-order valence-corrected chi connectivity index (χ1v) is 18.6. The molecule has 9 heteroatoms. The van der Waals surface area contributed by atoms with Crippen LogP contribution in [0.2, 0.25) is 36.3 Å². The lowest BCUT2D eigenvalue weighted by Crippen LogP contribution is -2.59. The van der Waals surface area contributed by atoms with Gasteiger partial charge in [0.25, 0.3) is 0 Å². The zero-order valence-electron chi connectivity index (χ0n) is 24.8. The van der Waals surface area contributed by atoms with E-state index < -0.39 is 40.0 Å². The van der Waals surface area contributed by atoms with E-state index in [9.17, 15) is 9.59 Å². The van der Waals surface area contributed by atoms with Crippen molar-refractivity contribution < 1.29 is 32.7 Å². The molecule has 35 heavy (non-hydrogen) atoms. The fourth-order valence-corrected chi connectivity index (χ4v) is 5.83. The topological polar surface area (TPSA) is 80.3 Å². The summed E-state index contributed by atoms with van der Waals surface area (Å²) >= 11 is 0. The highest BCUT2D eigenvalue weighted by Crippen LogP contribution is 2.43. The molecule has 1 heterocycles. The van der Waals surface area contributed by atoms with Gasteiger partial charge in [-0.3, -0.25) is 9.59 Å². The standard InChI is InChI=1S/C26H52O7Si2/c1-19(27)31-21-15-16-22(32-20(2)28)26(10,18-30-35(13,14)24(6,7)8)33-25(21,9)17-29-34(11,12)23(3,4)5/h21-22H,15-18H2,1-14H3/t21-,22+,25+,26-. The number of hydrogen-bond donors (Lipinski definition) is 0. The minimum atomic E-state index is -2.11. The number of carbonyl (C=O) groups is 2. The fraction of sp³-hybridized carbons (Fsp3) is 0.923. The first-order valence-electron chi connectivity index (χ1n) is 12.8. The molecule has 7 nitrogen and oxygen atoms in total. The molecule has 1 fully saturated rings.